The second kappa shape index (κ2) is 5.97. The molecule has 5 nitrogen and oxygen atoms in total. The van der Waals surface area contributed by atoms with Gasteiger partial charge in [0.2, 0.25) is 0 Å². The number of hydrogen-bond acceptors (Lipinski definition) is 3. The fourth-order valence-corrected chi connectivity index (χ4v) is 1.63. The smallest absolute Gasteiger partial charge is 0.354 e. The van der Waals surface area contributed by atoms with Crippen molar-refractivity contribution in [2.75, 3.05) is 14.1 Å². The second-order valence-electron chi connectivity index (χ2n) is 4.47. The predicted molar refractivity (Wildman–Crippen MR) is 79.5 cm³/mol. The first kappa shape index (κ1) is 13.7. The number of aromatic nitrogens is 1. The topological polar surface area (TPSA) is 65.8 Å². The molecule has 2 rings (SSSR count). The van der Waals surface area contributed by atoms with Crippen molar-refractivity contribution in [1.29, 1.82) is 0 Å². The van der Waals surface area contributed by atoms with E-state index in [9.17, 15) is 4.79 Å². The minimum Gasteiger partial charge on any atom is -0.477 e. The van der Waals surface area contributed by atoms with Crippen molar-refractivity contribution >= 4 is 29.3 Å². The van der Waals surface area contributed by atoms with Gasteiger partial charge in [0.15, 0.2) is 5.70 Å². The van der Waals surface area contributed by atoms with Crippen LogP contribution in [0, 0.1) is 0 Å². The van der Waals surface area contributed by atoms with Crippen molar-refractivity contribution in [2.45, 2.75) is 0 Å². The molecule has 0 amide bonds. The molecule has 0 saturated heterocycles. The molecule has 0 bridgehead atoms. The van der Waals surface area contributed by atoms with Gasteiger partial charge in [-0.2, -0.15) is 0 Å². The van der Waals surface area contributed by atoms with Crippen LogP contribution in [0.2, 0.25) is 0 Å². The summed E-state index contributed by atoms with van der Waals surface area (Å²) in [6.07, 6.45) is 2.90. The Morgan fingerprint density at radius 3 is 2.70 bits per heavy atom. The lowest BCUT2D eigenvalue weighted by Gasteiger charge is -2.03. The van der Waals surface area contributed by atoms with Gasteiger partial charge in [-0.1, -0.05) is 24.3 Å². The SMILES string of the molecule is CN(C)C=N/C(=C\c1ccc2ccccc2n1)C(=O)O. The van der Waals surface area contributed by atoms with Crippen molar-refractivity contribution < 1.29 is 9.90 Å². The number of carboxylic acids is 1. The first-order valence-corrected chi connectivity index (χ1v) is 6.07. The maximum absolute atomic E-state index is 11.2. The highest BCUT2D eigenvalue weighted by atomic mass is 16.4. The zero-order valence-electron chi connectivity index (χ0n) is 11.3. The molecule has 0 aliphatic rings. The molecule has 2 aromatic rings. The fraction of sp³-hybridized carbons (Fsp3) is 0.133. The van der Waals surface area contributed by atoms with Crippen molar-refractivity contribution in [3.8, 4) is 0 Å². The molecule has 0 unspecified atom stereocenters. The maximum atomic E-state index is 11.2. The Morgan fingerprint density at radius 1 is 1.25 bits per heavy atom. The molecule has 0 spiro atoms. The number of para-hydroxylation sites is 1. The zero-order valence-corrected chi connectivity index (χ0v) is 11.3. The van der Waals surface area contributed by atoms with Crippen LogP contribution in [0.15, 0.2) is 47.1 Å². The van der Waals surface area contributed by atoms with Crippen LogP contribution >= 0.6 is 0 Å². The average molecular weight is 269 g/mol. The molecule has 1 heterocycles. The Kier molecular flexibility index (Phi) is 4.10. The third-order valence-electron chi connectivity index (χ3n) is 2.55. The molecule has 0 atom stereocenters. The van der Waals surface area contributed by atoms with Gasteiger partial charge in [0.05, 0.1) is 17.5 Å². The third-order valence-corrected chi connectivity index (χ3v) is 2.55. The van der Waals surface area contributed by atoms with Gasteiger partial charge >= 0.3 is 5.97 Å². The van der Waals surface area contributed by atoms with Gasteiger partial charge in [0.1, 0.15) is 0 Å². The van der Waals surface area contributed by atoms with Gasteiger partial charge in [-0.05, 0) is 18.2 Å². The van der Waals surface area contributed by atoms with E-state index in [4.69, 9.17) is 5.11 Å². The molecule has 0 aliphatic carbocycles. The number of fused-ring (bicyclic) bond motifs is 1. The highest BCUT2D eigenvalue weighted by molar-refractivity contribution is 5.93. The molecule has 102 valence electrons. The van der Waals surface area contributed by atoms with E-state index in [2.05, 4.69) is 9.98 Å². The van der Waals surface area contributed by atoms with Crippen LogP contribution in [0.3, 0.4) is 0 Å². The molecule has 0 fully saturated rings. The normalized spacial score (nSPS) is 12.0. The quantitative estimate of drug-likeness (QED) is 0.525. The Balaban J connectivity index is 2.40. The molecule has 1 aromatic heterocycles. The van der Waals surface area contributed by atoms with E-state index >= 15 is 0 Å². The third kappa shape index (κ3) is 3.41. The molecule has 0 saturated carbocycles. The van der Waals surface area contributed by atoms with Crippen LogP contribution in [0.5, 0.6) is 0 Å². The van der Waals surface area contributed by atoms with Crippen LogP contribution in [0.4, 0.5) is 0 Å². The molecular weight excluding hydrogens is 254 g/mol. The second-order valence-corrected chi connectivity index (χ2v) is 4.47. The molecule has 1 N–H and O–H groups in total. The summed E-state index contributed by atoms with van der Waals surface area (Å²) < 4.78 is 0. The summed E-state index contributed by atoms with van der Waals surface area (Å²) >= 11 is 0. The van der Waals surface area contributed by atoms with Crippen molar-refractivity contribution in [3.63, 3.8) is 0 Å². The monoisotopic (exact) mass is 269 g/mol. The number of aliphatic carboxylic acids is 1. The first-order chi connectivity index (χ1) is 9.56. The lowest BCUT2D eigenvalue weighted by Crippen LogP contribution is -2.09. The summed E-state index contributed by atoms with van der Waals surface area (Å²) in [5, 5.41) is 10.1. The largest absolute Gasteiger partial charge is 0.477 e. The number of rotatable bonds is 4. The summed E-state index contributed by atoms with van der Waals surface area (Å²) in [5.41, 5.74) is 1.33. The number of carboxylic acid groups (broad SMARTS) is 1. The first-order valence-electron chi connectivity index (χ1n) is 6.07. The number of nitrogens with zero attached hydrogens (tertiary/aromatic N) is 3. The van der Waals surface area contributed by atoms with Gasteiger partial charge < -0.3 is 10.0 Å². The predicted octanol–water partition coefficient (Wildman–Crippen LogP) is 2.25. The van der Waals surface area contributed by atoms with Gasteiger partial charge in [0.25, 0.3) is 0 Å². The summed E-state index contributed by atoms with van der Waals surface area (Å²) in [6.45, 7) is 0. The van der Waals surface area contributed by atoms with Gasteiger partial charge in [-0.25, -0.2) is 14.8 Å². The number of hydrogen-bond donors (Lipinski definition) is 1. The zero-order chi connectivity index (χ0) is 14.5. The molecule has 20 heavy (non-hydrogen) atoms. The molecular formula is C15H15N3O2. The van der Waals surface area contributed by atoms with E-state index in [-0.39, 0.29) is 5.70 Å². The Bertz CT molecular complexity index is 690. The number of pyridine rings is 1. The van der Waals surface area contributed by atoms with E-state index in [0.717, 1.165) is 10.9 Å². The van der Waals surface area contributed by atoms with Crippen molar-refractivity contribution in [2.24, 2.45) is 4.99 Å². The molecule has 5 heteroatoms. The fourth-order valence-electron chi connectivity index (χ4n) is 1.63. The van der Waals surface area contributed by atoms with Crippen LogP contribution in [0.25, 0.3) is 17.0 Å². The van der Waals surface area contributed by atoms with Gasteiger partial charge in [-0.3, -0.25) is 0 Å². The van der Waals surface area contributed by atoms with Crippen molar-refractivity contribution in [3.05, 3.63) is 47.8 Å². The Labute approximate surface area is 116 Å². The molecule has 1 aromatic carbocycles. The minimum absolute atomic E-state index is 0.0542. The summed E-state index contributed by atoms with van der Waals surface area (Å²) in [5.74, 6) is -1.09. The minimum atomic E-state index is -1.09. The Morgan fingerprint density at radius 2 is 2.00 bits per heavy atom. The number of aliphatic imine (C=N–C) groups is 1. The lowest BCUT2D eigenvalue weighted by atomic mass is 10.2. The lowest BCUT2D eigenvalue weighted by molar-refractivity contribution is -0.132. The highest BCUT2D eigenvalue weighted by Crippen LogP contribution is 2.14. The van der Waals surface area contributed by atoms with Crippen LogP contribution < -0.4 is 0 Å². The van der Waals surface area contributed by atoms with Gasteiger partial charge in [-0.15, -0.1) is 0 Å². The van der Waals surface area contributed by atoms with E-state index in [0.29, 0.717) is 5.69 Å². The van der Waals surface area contributed by atoms with Crippen LogP contribution in [-0.2, 0) is 4.79 Å². The Hall–Kier alpha value is -2.69. The van der Waals surface area contributed by atoms with Gasteiger partial charge in [0, 0.05) is 19.5 Å². The molecule has 0 aliphatic heterocycles. The molecule has 0 radical (unpaired) electrons. The van der Waals surface area contributed by atoms with E-state index in [1.54, 1.807) is 25.1 Å². The highest BCUT2D eigenvalue weighted by Gasteiger charge is 2.06. The summed E-state index contributed by atoms with van der Waals surface area (Å²) in [7, 11) is 3.55. The number of benzene rings is 1. The van der Waals surface area contributed by atoms with E-state index in [1.165, 1.54) is 12.4 Å². The average Bonchev–Trinajstić information content (AvgIpc) is 2.42. The maximum Gasteiger partial charge on any atom is 0.354 e. The van der Waals surface area contributed by atoms with E-state index < -0.39 is 5.97 Å². The van der Waals surface area contributed by atoms with E-state index in [1.807, 2.05) is 30.3 Å². The van der Waals surface area contributed by atoms with Crippen LogP contribution in [-0.4, -0.2) is 41.4 Å². The number of carbonyl (C=O) groups is 1. The van der Waals surface area contributed by atoms with Crippen LogP contribution in [0.1, 0.15) is 5.69 Å². The summed E-state index contributed by atoms with van der Waals surface area (Å²) in [4.78, 5) is 21.1. The summed E-state index contributed by atoms with van der Waals surface area (Å²) in [6, 6.07) is 11.3. The standard InChI is InChI=1S/C15H15N3O2/c1-18(2)10-16-14(15(19)20)9-12-8-7-11-5-3-4-6-13(11)17-12/h3-10H,1-2H3,(H,19,20)/b14-9-,16-10?. The van der Waals surface area contributed by atoms with Crippen molar-refractivity contribution in [1.82, 2.24) is 9.88 Å².